The zero-order valence-electron chi connectivity index (χ0n) is 34.6. The fourth-order valence-electron chi connectivity index (χ4n) is 8.52. The van der Waals surface area contributed by atoms with Crippen LogP contribution in [0.1, 0.15) is 64.9 Å². The second-order valence-corrected chi connectivity index (χ2v) is 17.3. The monoisotopic (exact) mass is 848 g/mol. The molecule has 316 valence electrons. The summed E-state index contributed by atoms with van der Waals surface area (Å²) in [6.45, 7) is 3.46. The van der Waals surface area contributed by atoms with Crippen LogP contribution in [0.15, 0.2) is 198 Å². The van der Waals surface area contributed by atoms with E-state index in [0.717, 1.165) is 39.6 Å². The molecule has 0 amide bonds. The molecule has 1 aliphatic heterocycles. The van der Waals surface area contributed by atoms with Gasteiger partial charge in [-0.1, -0.05) is 196 Å². The van der Waals surface area contributed by atoms with Gasteiger partial charge in [0.1, 0.15) is 23.4 Å². The van der Waals surface area contributed by atoms with Crippen molar-refractivity contribution in [2.45, 2.75) is 55.5 Å². The van der Waals surface area contributed by atoms with Gasteiger partial charge in [0.15, 0.2) is 12.3 Å². The molecule has 2 heterocycles. The maximum Gasteiger partial charge on any atom is 0.330 e. The average Bonchev–Trinajstić information content (AvgIpc) is 3.61. The molecule has 8 rings (SSSR count). The molecule has 0 radical (unpaired) electrons. The Morgan fingerprint density at radius 2 is 0.968 bits per heavy atom. The van der Waals surface area contributed by atoms with Crippen molar-refractivity contribution in [1.82, 2.24) is 9.55 Å². The highest BCUT2D eigenvalue weighted by Crippen LogP contribution is 2.47. The minimum atomic E-state index is -4.26. The maximum absolute atomic E-state index is 13.9. The van der Waals surface area contributed by atoms with Crippen LogP contribution in [-0.2, 0) is 39.7 Å². The molecule has 62 heavy (non-hydrogen) atoms. The average molecular weight is 849 g/mol. The van der Waals surface area contributed by atoms with Gasteiger partial charge >= 0.3 is 5.69 Å². The van der Waals surface area contributed by atoms with Gasteiger partial charge in [0.05, 0.1) is 12.9 Å². The zero-order valence-corrected chi connectivity index (χ0v) is 35.4. The molecular formula is C51H48N2O8S. The molecule has 0 spiro atoms. The summed E-state index contributed by atoms with van der Waals surface area (Å²) < 4.78 is 56.1. The van der Waals surface area contributed by atoms with Crippen LogP contribution >= 0.6 is 0 Å². The minimum Gasteiger partial charge on any atom is -0.358 e. The Morgan fingerprint density at radius 3 is 1.32 bits per heavy atom. The molecule has 4 atom stereocenters. The molecule has 1 aliphatic rings. The van der Waals surface area contributed by atoms with Gasteiger partial charge in [-0.3, -0.25) is 18.5 Å². The molecule has 1 fully saturated rings. The highest BCUT2D eigenvalue weighted by Gasteiger charge is 2.55. The number of H-pyrrole nitrogens is 1. The van der Waals surface area contributed by atoms with Crippen LogP contribution < -0.4 is 11.2 Å². The van der Waals surface area contributed by atoms with Gasteiger partial charge in [-0.25, -0.2) is 4.79 Å². The quantitative estimate of drug-likeness (QED) is 0.0808. The summed E-state index contributed by atoms with van der Waals surface area (Å²) in [5, 5.41) is 0. The fraction of sp³-hybridized carbons (Fsp3) is 0.216. The maximum atomic E-state index is 13.9. The van der Waals surface area contributed by atoms with Crippen molar-refractivity contribution in [2.24, 2.45) is 0 Å². The van der Waals surface area contributed by atoms with Crippen molar-refractivity contribution in [3.63, 3.8) is 0 Å². The number of benzene rings is 6. The van der Waals surface area contributed by atoms with Gasteiger partial charge in [0, 0.05) is 11.8 Å². The summed E-state index contributed by atoms with van der Waals surface area (Å²) >= 11 is 0. The summed E-state index contributed by atoms with van der Waals surface area (Å²) in [7, 11) is -4.26. The molecule has 1 N–H and O–H groups in total. The number of nitrogens with zero attached hydrogens (tertiary/aromatic N) is 1. The molecule has 0 aliphatic carbocycles. The second-order valence-electron chi connectivity index (χ2n) is 15.7. The summed E-state index contributed by atoms with van der Waals surface area (Å²) in [5.74, 6) is -0.294. The Hall–Kier alpha value is -6.21. The first-order chi connectivity index (χ1) is 30.0. The van der Waals surface area contributed by atoms with Crippen molar-refractivity contribution in [1.29, 1.82) is 0 Å². The third-order valence-electron chi connectivity index (χ3n) is 11.3. The summed E-state index contributed by atoms with van der Waals surface area (Å²) in [4.78, 5) is 29.4. The molecule has 6 aromatic carbocycles. The Bertz CT molecular complexity index is 2590. The lowest BCUT2D eigenvalue weighted by Gasteiger charge is -2.41. The molecule has 11 heteroatoms. The predicted octanol–water partition coefficient (Wildman–Crippen LogP) is 8.29. The van der Waals surface area contributed by atoms with E-state index in [2.05, 4.69) is 4.98 Å². The lowest BCUT2D eigenvalue weighted by Crippen LogP contribution is -2.48. The van der Waals surface area contributed by atoms with Crippen molar-refractivity contribution >= 4 is 10.1 Å². The van der Waals surface area contributed by atoms with Crippen LogP contribution in [0.25, 0.3) is 0 Å². The topological polar surface area (TPSA) is 126 Å². The van der Waals surface area contributed by atoms with E-state index in [9.17, 15) is 18.0 Å². The number of rotatable bonds is 15. The first-order valence-electron chi connectivity index (χ1n) is 20.6. The van der Waals surface area contributed by atoms with E-state index in [-0.39, 0.29) is 12.5 Å². The van der Waals surface area contributed by atoms with Gasteiger partial charge in [-0.15, -0.1) is 0 Å². The Balaban J connectivity index is 1.37. The van der Waals surface area contributed by atoms with Crippen LogP contribution in [0, 0.1) is 0 Å². The number of hydrogen-bond acceptors (Lipinski definition) is 8. The summed E-state index contributed by atoms with van der Waals surface area (Å²) in [5.41, 5.74) is 1.07. The van der Waals surface area contributed by atoms with Crippen molar-refractivity contribution < 1.29 is 26.8 Å². The number of aromatic amines is 1. The van der Waals surface area contributed by atoms with E-state index in [0.29, 0.717) is 5.56 Å². The molecular weight excluding hydrogens is 801 g/mol. The van der Waals surface area contributed by atoms with Crippen LogP contribution in [0.4, 0.5) is 0 Å². The zero-order chi connectivity index (χ0) is 43.3. The number of aromatic nitrogens is 2. The molecule has 0 unspecified atom stereocenters. The largest absolute Gasteiger partial charge is 0.358 e. The molecule has 7 aromatic rings. The predicted molar refractivity (Wildman–Crippen MR) is 238 cm³/mol. The van der Waals surface area contributed by atoms with E-state index in [4.69, 9.17) is 18.4 Å². The second kappa shape index (κ2) is 18.0. The fourth-order valence-corrected chi connectivity index (χ4v) is 9.12. The molecule has 0 saturated carbocycles. The van der Waals surface area contributed by atoms with Gasteiger partial charge in [0.25, 0.3) is 15.7 Å². The number of ether oxygens (including phenoxy) is 3. The first-order valence-corrected chi connectivity index (χ1v) is 22.4. The van der Waals surface area contributed by atoms with Gasteiger partial charge < -0.3 is 14.2 Å². The molecule has 1 saturated heterocycles. The van der Waals surface area contributed by atoms with Gasteiger partial charge in [-0.05, 0) is 39.3 Å². The lowest BCUT2D eigenvalue weighted by molar-refractivity contribution is -0.130. The molecule has 10 nitrogen and oxygen atoms in total. The summed E-state index contributed by atoms with van der Waals surface area (Å²) in [6, 6.07) is 58.5. The Morgan fingerprint density at radius 1 is 0.597 bits per heavy atom. The van der Waals surface area contributed by atoms with Gasteiger partial charge in [-0.2, -0.15) is 8.42 Å². The van der Waals surface area contributed by atoms with E-state index in [1.54, 1.807) is 0 Å². The van der Waals surface area contributed by atoms with Crippen LogP contribution in [-0.4, -0.2) is 49.1 Å². The number of nitrogens with one attached hydrogen (secondary N) is 1. The SMILES string of the molecule is CC(C)c1cn([C@@H]2O[C@H](COC(c3ccccc3)(c3ccccc3)c3ccccc3)[C@@H](OC(c3ccccc3)(c3ccccc3)c3ccccc3)[C@H]2OS(C)(=O)=O)c(=O)[nH]c1=O. The van der Waals surface area contributed by atoms with Gasteiger partial charge in [0.2, 0.25) is 0 Å². The minimum absolute atomic E-state index is 0.187. The highest BCUT2D eigenvalue weighted by atomic mass is 32.2. The Labute approximate surface area is 361 Å². The number of hydrogen-bond donors (Lipinski definition) is 1. The van der Waals surface area contributed by atoms with Crippen LogP contribution in [0.2, 0.25) is 0 Å². The third-order valence-corrected chi connectivity index (χ3v) is 11.9. The Kier molecular flexibility index (Phi) is 12.3. The van der Waals surface area contributed by atoms with Crippen molar-refractivity contribution in [2.75, 3.05) is 12.9 Å². The van der Waals surface area contributed by atoms with E-state index >= 15 is 0 Å². The van der Waals surface area contributed by atoms with Crippen LogP contribution in [0.3, 0.4) is 0 Å². The summed E-state index contributed by atoms with van der Waals surface area (Å²) in [6.07, 6.45) is -2.88. The van der Waals surface area contributed by atoms with E-state index < -0.39 is 57.1 Å². The van der Waals surface area contributed by atoms with E-state index in [1.165, 1.54) is 10.8 Å². The third kappa shape index (κ3) is 8.37. The van der Waals surface area contributed by atoms with Crippen molar-refractivity contribution in [3.8, 4) is 0 Å². The highest BCUT2D eigenvalue weighted by molar-refractivity contribution is 7.86. The van der Waals surface area contributed by atoms with Crippen molar-refractivity contribution in [3.05, 3.63) is 248 Å². The van der Waals surface area contributed by atoms with E-state index in [1.807, 2.05) is 196 Å². The van der Waals surface area contributed by atoms with Crippen LogP contribution in [0.5, 0.6) is 0 Å². The molecule has 0 bridgehead atoms. The lowest BCUT2D eigenvalue weighted by atomic mass is 9.79. The smallest absolute Gasteiger partial charge is 0.330 e. The molecule has 1 aromatic heterocycles. The normalized spacial score (nSPS) is 18.2. The first kappa shape index (κ1) is 42.5. The standard InChI is InChI=1S/C51H48N2O8S/c1-36(2)43-34-53(49(55)52-47(43)54)48-46(61-62(3,56)57)45(60-51(40-28-16-7-17-29-40,41-30-18-8-19-31-41)42-32-20-9-21-33-42)44(59-48)35-58-50(37-22-10-4-11-23-37,38-24-12-5-13-25-38)39-26-14-6-15-27-39/h4-34,36,44-46,48H,35H2,1-3H3,(H,52,54,55)/t44-,45-,46-,48-/m1/s1.